The number of hydrogen-bond donors (Lipinski definition) is 1. The van der Waals surface area contributed by atoms with Gasteiger partial charge >= 0.3 is 0 Å². The molecule has 1 aliphatic rings. The molecule has 0 spiro atoms. The molecule has 0 unspecified atom stereocenters. The van der Waals surface area contributed by atoms with Crippen molar-refractivity contribution in [2.24, 2.45) is 0 Å². The molecule has 1 heteroatoms. The molecule has 0 fully saturated rings. The van der Waals surface area contributed by atoms with E-state index in [-0.39, 0.29) is 0 Å². The fourth-order valence-corrected chi connectivity index (χ4v) is 2.32. The molecule has 18 heavy (non-hydrogen) atoms. The highest BCUT2D eigenvalue weighted by molar-refractivity contribution is 5.94. The Morgan fingerprint density at radius 2 is 1.72 bits per heavy atom. The van der Waals surface area contributed by atoms with Crippen LogP contribution >= 0.6 is 0 Å². The SMILES string of the molecule is C1=Cc2cccc3cccc(c23)C1.CCNCC. The molecule has 0 bridgehead atoms. The number of nitrogens with one attached hydrogen (secondary N) is 1. The van der Waals surface area contributed by atoms with Gasteiger partial charge < -0.3 is 5.32 Å². The van der Waals surface area contributed by atoms with E-state index in [4.69, 9.17) is 0 Å². The highest BCUT2D eigenvalue weighted by Gasteiger charge is 2.06. The summed E-state index contributed by atoms with van der Waals surface area (Å²) in [4.78, 5) is 0. The van der Waals surface area contributed by atoms with E-state index in [0.29, 0.717) is 0 Å². The van der Waals surface area contributed by atoms with Crippen molar-refractivity contribution >= 4 is 16.8 Å². The van der Waals surface area contributed by atoms with Crippen LogP contribution in [0.2, 0.25) is 0 Å². The predicted octanol–water partition coefficient (Wildman–Crippen LogP) is 4.02. The molecular formula is C17H21N. The van der Waals surface area contributed by atoms with Crippen molar-refractivity contribution in [2.75, 3.05) is 13.1 Å². The quantitative estimate of drug-likeness (QED) is 0.834. The van der Waals surface area contributed by atoms with Crippen LogP contribution in [0.25, 0.3) is 16.8 Å². The summed E-state index contributed by atoms with van der Waals surface area (Å²) in [5.41, 5.74) is 2.81. The molecule has 94 valence electrons. The van der Waals surface area contributed by atoms with Gasteiger partial charge in [0, 0.05) is 0 Å². The lowest BCUT2D eigenvalue weighted by atomic mass is 9.93. The third kappa shape index (κ3) is 2.80. The van der Waals surface area contributed by atoms with Gasteiger partial charge in [-0.3, -0.25) is 0 Å². The van der Waals surface area contributed by atoms with Crippen LogP contribution in [0, 0.1) is 0 Å². The van der Waals surface area contributed by atoms with Crippen molar-refractivity contribution in [3.63, 3.8) is 0 Å². The van der Waals surface area contributed by atoms with Crippen molar-refractivity contribution in [1.29, 1.82) is 0 Å². The Hall–Kier alpha value is -1.60. The van der Waals surface area contributed by atoms with Crippen LogP contribution in [-0.4, -0.2) is 13.1 Å². The first kappa shape index (κ1) is 12.8. The fourth-order valence-electron chi connectivity index (χ4n) is 2.32. The molecule has 0 saturated heterocycles. The van der Waals surface area contributed by atoms with E-state index < -0.39 is 0 Å². The summed E-state index contributed by atoms with van der Waals surface area (Å²) in [7, 11) is 0. The Morgan fingerprint density at radius 1 is 1.00 bits per heavy atom. The molecule has 1 N–H and O–H groups in total. The number of hydrogen-bond acceptors (Lipinski definition) is 1. The fraction of sp³-hybridized carbons (Fsp3) is 0.294. The summed E-state index contributed by atoms with van der Waals surface area (Å²) in [5.74, 6) is 0. The molecular weight excluding hydrogens is 218 g/mol. The summed E-state index contributed by atoms with van der Waals surface area (Å²) >= 11 is 0. The van der Waals surface area contributed by atoms with E-state index in [1.165, 1.54) is 21.9 Å². The second-order valence-electron chi connectivity index (χ2n) is 4.43. The summed E-state index contributed by atoms with van der Waals surface area (Å²) < 4.78 is 0. The molecule has 2 aromatic carbocycles. The first-order chi connectivity index (χ1) is 8.86. The van der Waals surface area contributed by atoms with Crippen LogP contribution < -0.4 is 5.32 Å². The van der Waals surface area contributed by atoms with E-state index in [1.807, 2.05) is 0 Å². The van der Waals surface area contributed by atoms with Gasteiger partial charge in [-0.25, -0.2) is 0 Å². The molecule has 0 heterocycles. The maximum absolute atomic E-state index is 3.11. The first-order valence-corrected chi connectivity index (χ1v) is 6.74. The Labute approximate surface area is 110 Å². The minimum Gasteiger partial charge on any atom is -0.317 e. The molecule has 0 saturated carbocycles. The van der Waals surface area contributed by atoms with E-state index in [2.05, 4.69) is 67.7 Å². The third-order valence-electron chi connectivity index (χ3n) is 3.16. The molecule has 1 aliphatic carbocycles. The Kier molecular flexibility index (Phi) is 4.54. The minimum atomic E-state index is 1.08. The summed E-state index contributed by atoms with van der Waals surface area (Å²) in [6.45, 7) is 6.39. The Morgan fingerprint density at radius 3 is 2.39 bits per heavy atom. The smallest absolute Gasteiger partial charge is 0.00763 e. The van der Waals surface area contributed by atoms with Gasteiger partial charge in [-0.15, -0.1) is 0 Å². The van der Waals surface area contributed by atoms with Gasteiger partial charge in [-0.05, 0) is 41.4 Å². The van der Waals surface area contributed by atoms with Gasteiger partial charge in [0.1, 0.15) is 0 Å². The van der Waals surface area contributed by atoms with Gasteiger partial charge in [0.25, 0.3) is 0 Å². The number of benzene rings is 2. The average Bonchev–Trinajstić information content (AvgIpc) is 2.42. The normalized spacial score (nSPS) is 12.1. The van der Waals surface area contributed by atoms with Crippen molar-refractivity contribution in [1.82, 2.24) is 5.32 Å². The lowest BCUT2D eigenvalue weighted by molar-refractivity contribution is 0.762. The average molecular weight is 239 g/mol. The molecule has 0 amide bonds. The highest BCUT2D eigenvalue weighted by atomic mass is 14.8. The van der Waals surface area contributed by atoms with Crippen LogP contribution in [0.5, 0.6) is 0 Å². The third-order valence-corrected chi connectivity index (χ3v) is 3.16. The van der Waals surface area contributed by atoms with Crippen molar-refractivity contribution in [2.45, 2.75) is 20.3 Å². The zero-order valence-corrected chi connectivity index (χ0v) is 11.2. The Bertz CT molecular complexity index is 533. The van der Waals surface area contributed by atoms with Gasteiger partial charge in [-0.1, -0.05) is 62.4 Å². The van der Waals surface area contributed by atoms with Gasteiger partial charge in [-0.2, -0.15) is 0 Å². The molecule has 0 aliphatic heterocycles. The summed E-state index contributed by atoms with van der Waals surface area (Å²) in [6.07, 6.45) is 5.53. The second-order valence-corrected chi connectivity index (χ2v) is 4.43. The standard InChI is InChI=1S/C13H10.C4H11N/c1-4-10-6-2-8-12-9-3-7-11(5-1)13(10)12;1-3-5-4-2/h1-8H,9H2;5H,3-4H2,1-2H3. The maximum atomic E-state index is 3.11. The van der Waals surface area contributed by atoms with Gasteiger partial charge in [0.2, 0.25) is 0 Å². The molecule has 0 atom stereocenters. The predicted molar refractivity (Wildman–Crippen MR) is 80.9 cm³/mol. The first-order valence-electron chi connectivity index (χ1n) is 6.74. The topological polar surface area (TPSA) is 12.0 Å². The molecule has 0 radical (unpaired) electrons. The maximum Gasteiger partial charge on any atom is -0.00763 e. The van der Waals surface area contributed by atoms with Crippen LogP contribution in [0.4, 0.5) is 0 Å². The van der Waals surface area contributed by atoms with Crippen LogP contribution in [0.1, 0.15) is 25.0 Å². The lowest BCUT2D eigenvalue weighted by Crippen LogP contribution is -2.09. The molecule has 2 aromatic rings. The van der Waals surface area contributed by atoms with E-state index in [1.54, 1.807) is 0 Å². The Balaban J connectivity index is 0.000000209. The molecule has 3 rings (SSSR count). The second kappa shape index (κ2) is 6.36. The van der Waals surface area contributed by atoms with Crippen LogP contribution in [0.3, 0.4) is 0 Å². The van der Waals surface area contributed by atoms with Crippen molar-refractivity contribution < 1.29 is 0 Å². The highest BCUT2D eigenvalue weighted by Crippen LogP contribution is 2.27. The van der Waals surface area contributed by atoms with E-state index in [9.17, 15) is 0 Å². The molecule has 0 aromatic heterocycles. The summed E-state index contributed by atoms with van der Waals surface area (Å²) in [6, 6.07) is 13.0. The number of rotatable bonds is 2. The van der Waals surface area contributed by atoms with Gasteiger partial charge in [0.15, 0.2) is 0 Å². The largest absolute Gasteiger partial charge is 0.317 e. The van der Waals surface area contributed by atoms with Crippen LogP contribution in [-0.2, 0) is 6.42 Å². The molecule has 1 nitrogen and oxygen atoms in total. The lowest BCUT2D eigenvalue weighted by Gasteiger charge is -2.11. The van der Waals surface area contributed by atoms with E-state index >= 15 is 0 Å². The van der Waals surface area contributed by atoms with Crippen molar-refractivity contribution in [3.8, 4) is 0 Å². The minimum absolute atomic E-state index is 1.08. The van der Waals surface area contributed by atoms with Gasteiger partial charge in [0.05, 0.1) is 0 Å². The summed E-state index contributed by atoms with van der Waals surface area (Å²) in [5, 5.41) is 5.91. The number of allylic oxidation sites excluding steroid dienone is 1. The van der Waals surface area contributed by atoms with E-state index in [0.717, 1.165) is 19.5 Å². The monoisotopic (exact) mass is 239 g/mol. The zero-order valence-electron chi connectivity index (χ0n) is 11.2. The zero-order chi connectivity index (χ0) is 12.8. The van der Waals surface area contributed by atoms with Crippen molar-refractivity contribution in [3.05, 3.63) is 53.6 Å². The van der Waals surface area contributed by atoms with Crippen LogP contribution in [0.15, 0.2) is 42.5 Å².